The maximum atomic E-state index is 12.8. The number of nitrogens with zero attached hydrogens (tertiary/aromatic N) is 1. The molecule has 5 heteroatoms. The summed E-state index contributed by atoms with van der Waals surface area (Å²) >= 11 is 0. The molecule has 0 spiro atoms. The van der Waals surface area contributed by atoms with Gasteiger partial charge in [-0.05, 0) is 87.9 Å². The number of hydrogen-bond donors (Lipinski definition) is 2. The predicted octanol–water partition coefficient (Wildman–Crippen LogP) is 3.38. The number of rotatable bonds is 3. The normalized spacial score (nSPS) is 47.1. The Labute approximate surface area is 149 Å². The molecule has 25 heavy (non-hydrogen) atoms. The molecule has 0 unspecified atom stereocenters. The number of nitrogens with one attached hydrogen (secondary N) is 1. The highest BCUT2D eigenvalue weighted by Gasteiger charge is 2.52. The van der Waals surface area contributed by atoms with Gasteiger partial charge in [0.15, 0.2) is 0 Å². The lowest BCUT2D eigenvalue weighted by atomic mass is 9.53. The lowest BCUT2D eigenvalue weighted by molar-refractivity contribution is -0.128. The summed E-state index contributed by atoms with van der Waals surface area (Å²) in [5.41, 5.74) is 0.104. The van der Waals surface area contributed by atoms with Gasteiger partial charge in [-0.3, -0.25) is 4.79 Å². The van der Waals surface area contributed by atoms with Gasteiger partial charge in [-0.2, -0.15) is 0 Å². The van der Waals surface area contributed by atoms with Crippen LogP contribution in [-0.4, -0.2) is 39.6 Å². The molecule has 5 nitrogen and oxygen atoms in total. The molecule has 4 saturated carbocycles. The van der Waals surface area contributed by atoms with E-state index in [-0.39, 0.29) is 23.5 Å². The number of carbonyl (C=O) groups is 2. The first-order valence-corrected chi connectivity index (χ1v) is 10.3. The summed E-state index contributed by atoms with van der Waals surface area (Å²) in [4.78, 5) is 25.9. The molecule has 6 aliphatic rings. The molecule has 0 aromatic heterocycles. The number of carboxylic acid groups (broad SMARTS) is 1. The van der Waals surface area contributed by atoms with Gasteiger partial charge in [-0.15, -0.1) is 0 Å². The van der Waals surface area contributed by atoms with Crippen LogP contribution in [0, 0.1) is 23.7 Å². The van der Waals surface area contributed by atoms with Crippen LogP contribution in [-0.2, 0) is 4.79 Å². The summed E-state index contributed by atoms with van der Waals surface area (Å²) in [6, 6.07) is 0.294. The molecule has 6 bridgehead atoms. The van der Waals surface area contributed by atoms with Gasteiger partial charge in [0.05, 0.1) is 0 Å². The van der Waals surface area contributed by atoms with Gasteiger partial charge in [0.2, 0.25) is 5.91 Å². The molecule has 6 rings (SSSR count). The molecule has 2 N–H and O–H groups in total. The largest absolute Gasteiger partial charge is 0.465 e. The standard InChI is InChI=1S/C20H30N2O3/c23-18(8-12-6-16-1-2-17(7-12)22(16)19(24)25)21-20-9-13-3-14(10-20)5-15(4-13)11-20/h12-17H,1-11H2,(H,21,23)(H,24,25)/t12-,13?,14?,15?,16-,17+,20?. The fraction of sp³-hybridized carbons (Fsp3) is 0.900. The Morgan fingerprint density at radius 1 is 0.920 bits per heavy atom. The number of hydrogen-bond acceptors (Lipinski definition) is 2. The third-order valence-corrected chi connectivity index (χ3v) is 7.97. The van der Waals surface area contributed by atoms with Crippen LogP contribution in [0.4, 0.5) is 4.79 Å². The van der Waals surface area contributed by atoms with Crippen LogP contribution in [0.2, 0.25) is 0 Å². The van der Waals surface area contributed by atoms with Crippen LogP contribution < -0.4 is 5.32 Å². The maximum Gasteiger partial charge on any atom is 0.407 e. The summed E-state index contributed by atoms with van der Waals surface area (Å²) in [5, 5.41) is 12.9. The van der Waals surface area contributed by atoms with Gasteiger partial charge in [-0.1, -0.05) is 0 Å². The van der Waals surface area contributed by atoms with E-state index in [2.05, 4.69) is 5.32 Å². The maximum absolute atomic E-state index is 12.8. The zero-order valence-corrected chi connectivity index (χ0v) is 15.0. The third kappa shape index (κ3) is 2.74. The molecule has 0 aromatic rings. The fourth-order valence-corrected chi connectivity index (χ4v) is 7.64. The highest BCUT2D eigenvalue weighted by molar-refractivity contribution is 5.77. The van der Waals surface area contributed by atoms with Crippen molar-refractivity contribution in [2.45, 2.75) is 88.3 Å². The molecule has 138 valence electrons. The summed E-state index contributed by atoms with van der Waals surface area (Å²) in [6.07, 6.45) is 11.3. The monoisotopic (exact) mass is 346 g/mol. The summed E-state index contributed by atoms with van der Waals surface area (Å²) in [5.74, 6) is 3.14. The Bertz CT molecular complexity index is 540. The highest BCUT2D eigenvalue weighted by atomic mass is 16.4. The van der Waals surface area contributed by atoms with E-state index < -0.39 is 6.09 Å². The Morgan fingerprint density at radius 2 is 1.44 bits per heavy atom. The van der Waals surface area contributed by atoms with E-state index in [0.717, 1.165) is 43.4 Å². The molecule has 6 fully saturated rings. The van der Waals surface area contributed by atoms with Crippen molar-refractivity contribution < 1.29 is 14.7 Å². The molecule has 4 aliphatic carbocycles. The molecule has 2 heterocycles. The van der Waals surface area contributed by atoms with Gasteiger partial charge in [0.25, 0.3) is 0 Å². The smallest absolute Gasteiger partial charge is 0.407 e. The van der Waals surface area contributed by atoms with Gasteiger partial charge < -0.3 is 15.3 Å². The highest BCUT2D eigenvalue weighted by Crippen LogP contribution is 2.55. The first-order chi connectivity index (χ1) is 12.0. The van der Waals surface area contributed by atoms with E-state index in [1.165, 1.54) is 38.5 Å². The lowest BCUT2D eigenvalue weighted by Crippen LogP contribution is -2.60. The van der Waals surface area contributed by atoms with Gasteiger partial charge in [0, 0.05) is 24.0 Å². The molecule has 2 saturated heterocycles. The molecular weight excluding hydrogens is 316 g/mol. The van der Waals surface area contributed by atoms with E-state index in [0.29, 0.717) is 12.3 Å². The van der Waals surface area contributed by atoms with E-state index in [4.69, 9.17) is 0 Å². The van der Waals surface area contributed by atoms with Crippen LogP contribution in [0.25, 0.3) is 0 Å². The van der Waals surface area contributed by atoms with Crippen molar-refractivity contribution in [2.24, 2.45) is 23.7 Å². The zero-order valence-electron chi connectivity index (χ0n) is 15.0. The van der Waals surface area contributed by atoms with Crippen molar-refractivity contribution in [3.8, 4) is 0 Å². The molecule has 2 aliphatic heterocycles. The van der Waals surface area contributed by atoms with Crippen molar-refractivity contribution in [1.82, 2.24) is 10.2 Å². The zero-order chi connectivity index (χ0) is 17.2. The summed E-state index contributed by atoms with van der Waals surface area (Å²) in [7, 11) is 0. The Balaban J connectivity index is 1.20. The van der Waals surface area contributed by atoms with E-state index in [1.807, 2.05) is 0 Å². The lowest BCUT2D eigenvalue weighted by Gasteiger charge is -2.57. The average Bonchev–Trinajstić information content (AvgIpc) is 2.77. The Kier molecular flexibility index (Phi) is 3.58. The van der Waals surface area contributed by atoms with Gasteiger partial charge >= 0.3 is 6.09 Å². The van der Waals surface area contributed by atoms with Crippen LogP contribution >= 0.6 is 0 Å². The minimum absolute atomic E-state index is 0.104. The summed E-state index contributed by atoms with van der Waals surface area (Å²) < 4.78 is 0. The van der Waals surface area contributed by atoms with E-state index in [1.54, 1.807) is 4.90 Å². The van der Waals surface area contributed by atoms with Crippen LogP contribution in [0.1, 0.15) is 70.6 Å². The minimum atomic E-state index is -0.774. The van der Waals surface area contributed by atoms with Gasteiger partial charge in [-0.25, -0.2) is 4.79 Å². The van der Waals surface area contributed by atoms with E-state index >= 15 is 0 Å². The van der Waals surface area contributed by atoms with Crippen LogP contribution in [0.15, 0.2) is 0 Å². The quantitative estimate of drug-likeness (QED) is 0.823. The molecule has 0 aromatic carbocycles. The minimum Gasteiger partial charge on any atom is -0.465 e. The first kappa shape index (κ1) is 16.0. The SMILES string of the molecule is O=C(C[C@@H]1C[C@H]2CC[C@@H](C1)N2C(=O)O)NC12CC3CC(CC(C3)C1)C2. The first-order valence-electron chi connectivity index (χ1n) is 10.3. The number of fused-ring (bicyclic) bond motifs is 2. The van der Waals surface area contributed by atoms with Crippen molar-refractivity contribution in [2.75, 3.05) is 0 Å². The molecular formula is C20H30N2O3. The second-order valence-corrected chi connectivity index (χ2v) is 9.86. The van der Waals surface area contributed by atoms with Crippen molar-refractivity contribution in [3.63, 3.8) is 0 Å². The van der Waals surface area contributed by atoms with Crippen molar-refractivity contribution in [1.29, 1.82) is 0 Å². The molecule has 0 radical (unpaired) electrons. The summed E-state index contributed by atoms with van der Waals surface area (Å²) in [6.45, 7) is 0. The van der Waals surface area contributed by atoms with Crippen LogP contribution in [0.3, 0.4) is 0 Å². The number of carbonyl (C=O) groups excluding carboxylic acids is 1. The number of piperidine rings is 1. The van der Waals surface area contributed by atoms with Crippen LogP contribution in [0.5, 0.6) is 0 Å². The molecule has 3 atom stereocenters. The third-order valence-electron chi connectivity index (χ3n) is 7.97. The van der Waals surface area contributed by atoms with Crippen molar-refractivity contribution in [3.05, 3.63) is 0 Å². The Morgan fingerprint density at radius 3 is 1.92 bits per heavy atom. The van der Waals surface area contributed by atoms with E-state index in [9.17, 15) is 14.7 Å². The predicted molar refractivity (Wildman–Crippen MR) is 93.1 cm³/mol. The molecule has 2 amide bonds. The van der Waals surface area contributed by atoms with Gasteiger partial charge in [0.1, 0.15) is 0 Å². The number of amides is 2. The average molecular weight is 346 g/mol. The fourth-order valence-electron chi connectivity index (χ4n) is 7.64. The second-order valence-electron chi connectivity index (χ2n) is 9.86. The Hall–Kier alpha value is -1.26. The topological polar surface area (TPSA) is 69.6 Å². The van der Waals surface area contributed by atoms with Crippen molar-refractivity contribution >= 4 is 12.0 Å². The second kappa shape index (κ2) is 5.62.